The molecule has 2 aromatic carbocycles. The molecule has 0 aliphatic heterocycles. The van der Waals surface area contributed by atoms with Crippen LogP contribution >= 0.6 is 23.2 Å². The molecule has 1 aliphatic rings. The van der Waals surface area contributed by atoms with Gasteiger partial charge >= 0.3 is 0 Å². The maximum Gasteiger partial charge on any atom is 0.244 e. The van der Waals surface area contributed by atoms with Crippen LogP contribution in [-0.4, -0.2) is 11.6 Å². The van der Waals surface area contributed by atoms with Crippen LogP contribution in [-0.2, 0) is 11.2 Å². The third-order valence-corrected chi connectivity index (χ3v) is 5.41. The second kappa shape index (κ2) is 9.25. The first-order valence-electron chi connectivity index (χ1n) is 9.16. The van der Waals surface area contributed by atoms with E-state index in [2.05, 4.69) is 22.8 Å². The van der Waals surface area contributed by atoms with Gasteiger partial charge in [-0.3, -0.25) is 4.79 Å². The number of anilines is 2. The highest BCUT2D eigenvalue weighted by atomic mass is 35.5. The molecule has 1 fully saturated rings. The van der Waals surface area contributed by atoms with Crippen molar-refractivity contribution in [1.29, 1.82) is 0 Å². The zero-order chi connectivity index (χ0) is 19.2. The van der Waals surface area contributed by atoms with Gasteiger partial charge in [-0.1, -0.05) is 54.4 Å². The second-order valence-electron chi connectivity index (χ2n) is 6.95. The third-order valence-electron chi connectivity index (χ3n) is 4.78. The van der Waals surface area contributed by atoms with E-state index >= 15 is 0 Å². The maximum absolute atomic E-state index is 12.4. The van der Waals surface area contributed by atoms with E-state index in [0.717, 1.165) is 48.6 Å². The van der Waals surface area contributed by atoms with E-state index in [-0.39, 0.29) is 12.3 Å². The Bertz CT molecular complexity index is 821. The molecule has 2 aromatic rings. The fraction of sp³-hybridized carbons (Fsp3) is 0.333. The molecule has 142 valence electrons. The summed E-state index contributed by atoms with van der Waals surface area (Å²) in [5.41, 5.74) is 6.05. The Hall–Kier alpha value is -2.04. The number of nitrogens with one attached hydrogen (secondary N) is 2. The molecule has 0 aromatic heterocycles. The molecule has 1 amide bonds. The highest BCUT2D eigenvalue weighted by Crippen LogP contribution is 2.33. The van der Waals surface area contributed by atoms with Gasteiger partial charge in [0.25, 0.3) is 0 Å². The van der Waals surface area contributed by atoms with E-state index in [0.29, 0.717) is 15.7 Å². The van der Waals surface area contributed by atoms with Crippen LogP contribution in [0.15, 0.2) is 47.6 Å². The van der Waals surface area contributed by atoms with E-state index in [9.17, 15) is 4.79 Å². The van der Waals surface area contributed by atoms with E-state index in [4.69, 9.17) is 23.2 Å². The minimum atomic E-state index is -0.138. The summed E-state index contributed by atoms with van der Waals surface area (Å²) in [5.74, 6) is 0.606. The molecule has 1 aliphatic carbocycles. The summed E-state index contributed by atoms with van der Waals surface area (Å²) in [6, 6.07) is 12.9. The van der Waals surface area contributed by atoms with Crippen molar-refractivity contribution in [2.45, 2.75) is 39.0 Å². The summed E-state index contributed by atoms with van der Waals surface area (Å²) in [6.45, 7) is 2.25. The van der Waals surface area contributed by atoms with Gasteiger partial charge in [-0.05, 0) is 55.4 Å². The minimum absolute atomic E-state index is 0.138. The van der Waals surface area contributed by atoms with E-state index in [1.54, 1.807) is 18.2 Å². The summed E-state index contributed by atoms with van der Waals surface area (Å²) in [7, 11) is 0. The zero-order valence-electron chi connectivity index (χ0n) is 15.3. The lowest BCUT2D eigenvalue weighted by atomic mass is 9.90. The first-order valence-corrected chi connectivity index (χ1v) is 9.91. The van der Waals surface area contributed by atoms with E-state index in [1.807, 2.05) is 24.3 Å². The van der Waals surface area contributed by atoms with Gasteiger partial charge in [0.2, 0.25) is 5.91 Å². The van der Waals surface area contributed by atoms with Gasteiger partial charge in [-0.2, -0.15) is 5.10 Å². The number of carbonyl (C=O) groups is 1. The minimum Gasteiger partial charge on any atom is -0.353 e. The van der Waals surface area contributed by atoms with Crippen LogP contribution in [0.2, 0.25) is 10.0 Å². The smallest absolute Gasteiger partial charge is 0.244 e. The third kappa shape index (κ3) is 5.47. The highest BCUT2D eigenvalue weighted by molar-refractivity contribution is 6.39. The monoisotopic (exact) mass is 403 g/mol. The number of para-hydroxylation sites is 2. The topological polar surface area (TPSA) is 53.5 Å². The highest BCUT2D eigenvalue weighted by Gasteiger charge is 2.14. The zero-order valence-corrected chi connectivity index (χ0v) is 16.8. The van der Waals surface area contributed by atoms with Crippen LogP contribution in [0.25, 0.3) is 0 Å². The molecule has 0 bridgehead atoms. The molecule has 4 nitrogen and oxygen atoms in total. The van der Waals surface area contributed by atoms with Gasteiger partial charge in [-0.15, -0.1) is 0 Å². The molecular weight excluding hydrogens is 381 g/mol. The summed E-state index contributed by atoms with van der Waals surface area (Å²) in [6.07, 6.45) is 4.42. The Balaban J connectivity index is 1.67. The molecule has 0 radical (unpaired) electrons. The quantitative estimate of drug-likeness (QED) is 0.604. The molecule has 6 heteroatoms. The van der Waals surface area contributed by atoms with Gasteiger partial charge in [0.05, 0.1) is 22.2 Å². The molecule has 3 rings (SSSR count). The second-order valence-corrected chi connectivity index (χ2v) is 7.77. The Labute approximate surface area is 170 Å². The molecule has 1 saturated carbocycles. The van der Waals surface area contributed by atoms with Gasteiger partial charge < -0.3 is 5.32 Å². The predicted molar refractivity (Wildman–Crippen MR) is 113 cm³/mol. The number of hydrazone groups is 1. The lowest BCUT2D eigenvalue weighted by Gasteiger charge is -2.18. The van der Waals surface area contributed by atoms with Crippen molar-refractivity contribution in [1.82, 2.24) is 5.43 Å². The fourth-order valence-electron chi connectivity index (χ4n) is 3.11. The van der Waals surface area contributed by atoms with Gasteiger partial charge in [0, 0.05) is 11.4 Å². The molecule has 27 heavy (non-hydrogen) atoms. The SMILES string of the molecule is CC1CCC(=NNC(=O)Cc2ccccc2Nc2c(Cl)cccc2Cl)CC1. The number of rotatable bonds is 5. The van der Waals surface area contributed by atoms with Crippen LogP contribution < -0.4 is 10.7 Å². The van der Waals surface area contributed by atoms with Crippen molar-refractivity contribution in [2.24, 2.45) is 11.0 Å². The first kappa shape index (κ1) is 19.7. The average molecular weight is 404 g/mol. The van der Waals surface area contributed by atoms with Gasteiger partial charge in [-0.25, -0.2) is 5.43 Å². The molecular formula is C21H23Cl2N3O. The van der Waals surface area contributed by atoms with Crippen molar-refractivity contribution >= 4 is 46.2 Å². The Morgan fingerprint density at radius 3 is 2.44 bits per heavy atom. The standard InChI is InChI=1S/C21H23Cl2N3O/c1-14-9-11-16(12-10-14)25-26-20(27)13-15-5-2-3-8-19(15)24-21-17(22)6-4-7-18(21)23/h2-8,14,24H,9-13H2,1H3,(H,26,27). The molecule has 0 saturated heterocycles. The van der Waals surface area contributed by atoms with Crippen molar-refractivity contribution in [2.75, 3.05) is 5.32 Å². The molecule has 0 unspecified atom stereocenters. The van der Waals surface area contributed by atoms with Crippen LogP contribution in [0, 0.1) is 5.92 Å². The normalized spacial score (nSPS) is 16.7. The van der Waals surface area contributed by atoms with Crippen molar-refractivity contribution < 1.29 is 4.79 Å². The van der Waals surface area contributed by atoms with Crippen LogP contribution in [0.4, 0.5) is 11.4 Å². The summed E-state index contributed by atoms with van der Waals surface area (Å²) in [4.78, 5) is 12.4. The summed E-state index contributed by atoms with van der Waals surface area (Å²) < 4.78 is 0. The largest absolute Gasteiger partial charge is 0.353 e. The summed E-state index contributed by atoms with van der Waals surface area (Å²) in [5, 5.41) is 8.61. The molecule has 0 heterocycles. The van der Waals surface area contributed by atoms with Crippen molar-refractivity contribution in [3.63, 3.8) is 0 Å². The van der Waals surface area contributed by atoms with Crippen molar-refractivity contribution in [3.05, 3.63) is 58.1 Å². The molecule has 0 atom stereocenters. The Kier molecular flexibility index (Phi) is 6.75. The number of benzene rings is 2. The number of nitrogens with zero attached hydrogens (tertiary/aromatic N) is 1. The summed E-state index contributed by atoms with van der Waals surface area (Å²) >= 11 is 12.5. The number of amides is 1. The van der Waals surface area contributed by atoms with E-state index < -0.39 is 0 Å². The van der Waals surface area contributed by atoms with E-state index in [1.165, 1.54) is 0 Å². The van der Waals surface area contributed by atoms with Crippen LogP contribution in [0.5, 0.6) is 0 Å². The molecule has 0 spiro atoms. The van der Waals surface area contributed by atoms with Crippen LogP contribution in [0.3, 0.4) is 0 Å². The Morgan fingerprint density at radius 2 is 1.74 bits per heavy atom. The number of hydrogen-bond donors (Lipinski definition) is 2. The van der Waals surface area contributed by atoms with Crippen molar-refractivity contribution in [3.8, 4) is 0 Å². The lowest BCUT2D eigenvalue weighted by molar-refractivity contribution is -0.120. The number of hydrogen-bond acceptors (Lipinski definition) is 3. The van der Waals surface area contributed by atoms with Crippen LogP contribution in [0.1, 0.15) is 38.2 Å². The first-order chi connectivity index (χ1) is 13.0. The average Bonchev–Trinajstić information content (AvgIpc) is 2.66. The Morgan fingerprint density at radius 1 is 1.07 bits per heavy atom. The predicted octanol–water partition coefficient (Wildman–Crippen LogP) is 5.96. The lowest BCUT2D eigenvalue weighted by Crippen LogP contribution is -2.23. The number of carbonyl (C=O) groups excluding carboxylic acids is 1. The fourth-order valence-corrected chi connectivity index (χ4v) is 3.60. The van der Waals surface area contributed by atoms with Gasteiger partial charge in [0.15, 0.2) is 0 Å². The van der Waals surface area contributed by atoms with Gasteiger partial charge in [0.1, 0.15) is 0 Å². The maximum atomic E-state index is 12.4. The number of halogens is 2. The molecule has 2 N–H and O–H groups in total.